The molecule has 7 heteroatoms. The Labute approximate surface area is 169 Å². The molecule has 0 aliphatic heterocycles. The summed E-state index contributed by atoms with van der Waals surface area (Å²) in [5.41, 5.74) is 0.829. The Morgan fingerprint density at radius 3 is 2.67 bits per heavy atom. The number of carbonyl (C=O) groups is 1. The van der Waals surface area contributed by atoms with E-state index < -0.39 is 16.0 Å². The van der Waals surface area contributed by atoms with Crippen molar-refractivity contribution in [1.82, 2.24) is 4.72 Å². The normalized spacial score (nSPS) is 20.6. The third-order valence-corrected chi connectivity index (χ3v) is 6.31. The lowest BCUT2D eigenvalue weighted by molar-refractivity contribution is -0.137. The molecule has 1 aliphatic carbocycles. The molecule has 0 spiro atoms. The van der Waals surface area contributed by atoms with Crippen LogP contribution in [0.15, 0.2) is 46.3 Å². The van der Waals surface area contributed by atoms with Gasteiger partial charge in [0.05, 0.1) is 0 Å². The van der Waals surface area contributed by atoms with Crippen molar-refractivity contribution < 1.29 is 18.3 Å². The summed E-state index contributed by atoms with van der Waals surface area (Å²) < 4.78 is 28.5. The van der Waals surface area contributed by atoms with Crippen LogP contribution in [0.2, 0.25) is 0 Å². The minimum atomic E-state index is -3.49. The van der Waals surface area contributed by atoms with E-state index in [0.29, 0.717) is 6.42 Å². The molecule has 2 unspecified atom stereocenters. The van der Waals surface area contributed by atoms with E-state index in [9.17, 15) is 13.2 Å². The smallest absolute Gasteiger partial charge is 0.303 e. The lowest BCUT2D eigenvalue weighted by Gasteiger charge is -2.18. The molecule has 0 amide bonds. The Bertz CT molecular complexity index is 772. The van der Waals surface area contributed by atoms with Gasteiger partial charge in [-0.2, -0.15) is 0 Å². The van der Waals surface area contributed by atoms with Crippen LogP contribution >= 0.6 is 15.9 Å². The van der Waals surface area contributed by atoms with Gasteiger partial charge >= 0.3 is 5.97 Å². The molecule has 1 aromatic rings. The number of unbranched alkanes of at least 4 members (excludes halogenated alkanes) is 1. The van der Waals surface area contributed by atoms with Crippen LogP contribution < -0.4 is 4.72 Å². The summed E-state index contributed by atoms with van der Waals surface area (Å²) in [6.45, 7) is 0. The Morgan fingerprint density at radius 1 is 1.22 bits per heavy atom. The first kappa shape index (κ1) is 21.9. The summed E-state index contributed by atoms with van der Waals surface area (Å²) in [4.78, 5) is 10.5. The van der Waals surface area contributed by atoms with E-state index in [1.807, 2.05) is 30.3 Å². The molecule has 0 radical (unpaired) electrons. The van der Waals surface area contributed by atoms with Gasteiger partial charge in [-0.1, -0.05) is 46.6 Å². The highest BCUT2D eigenvalue weighted by molar-refractivity contribution is 9.10. The topological polar surface area (TPSA) is 83.5 Å². The number of hydrogen-bond donors (Lipinski definition) is 2. The second-order valence-electron chi connectivity index (χ2n) is 6.81. The number of allylic oxidation sites excluding steroid dienone is 2. The van der Waals surface area contributed by atoms with Crippen molar-refractivity contribution >= 4 is 38.0 Å². The van der Waals surface area contributed by atoms with Crippen molar-refractivity contribution in [2.75, 3.05) is 0 Å². The first-order chi connectivity index (χ1) is 12.9. The lowest BCUT2D eigenvalue weighted by Crippen LogP contribution is -2.36. The zero-order chi connectivity index (χ0) is 19.7. The number of aliphatic carboxylic acids is 1. The maximum Gasteiger partial charge on any atom is 0.303 e. The Morgan fingerprint density at radius 2 is 1.96 bits per heavy atom. The predicted molar refractivity (Wildman–Crippen MR) is 112 cm³/mol. The quantitative estimate of drug-likeness (QED) is 0.395. The van der Waals surface area contributed by atoms with E-state index in [0.717, 1.165) is 42.1 Å². The van der Waals surface area contributed by atoms with Gasteiger partial charge in [0, 0.05) is 22.3 Å². The van der Waals surface area contributed by atoms with Gasteiger partial charge in [0.2, 0.25) is 10.0 Å². The van der Waals surface area contributed by atoms with Gasteiger partial charge in [-0.3, -0.25) is 4.79 Å². The summed E-state index contributed by atoms with van der Waals surface area (Å²) in [6, 6.07) is 7.39. The number of halogens is 1. The molecule has 0 aromatic heterocycles. The van der Waals surface area contributed by atoms with Gasteiger partial charge in [0.15, 0.2) is 0 Å². The van der Waals surface area contributed by atoms with Crippen LogP contribution in [0.1, 0.15) is 50.5 Å². The number of benzene rings is 1. The third-order valence-electron chi connectivity index (χ3n) is 4.65. The molecule has 0 bridgehead atoms. The molecule has 0 saturated heterocycles. The van der Waals surface area contributed by atoms with Crippen molar-refractivity contribution in [2.24, 2.45) is 5.92 Å². The van der Waals surface area contributed by atoms with Crippen LogP contribution in [-0.2, 0) is 14.8 Å². The van der Waals surface area contributed by atoms with E-state index in [1.165, 1.54) is 5.41 Å². The molecule has 2 atom stereocenters. The molecule has 27 heavy (non-hydrogen) atoms. The van der Waals surface area contributed by atoms with Crippen molar-refractivity contribution in [3.8, 4) is 0 Å². The Balaban J connectivity index is 1.84. The second kappa shape index (κ2) is 10.8. The molecule has 2 rings (SSSR count). The highest BCUT2D eigenvalue weighted by Crippen LogP contribution is 2.29. The maximum atomic E-state index is 12.4. The van der Waals surface area contributed by atoms with Crippen molar-refractivity contribution in [2.45, 2.75) is 51.0 Å². The van der Waals surface area contributed by atoms with Crippen LogP contribution in [-0.4, -0.2) is 25.5 Å². The maximum absolute atomic E-state index is 12.4. The SMILES string of the molecule is O=C(O)CCCC=CCC1CCCC1NS(=O)(=O)C=Cc1ccc(Br)cc1. The van der Waals surface area contributed by atoms with Crippen LogP contribution in [0.4, 0.5) is 0 Å². The number of carboxylic acid groups (broad SMARTS) is 1. The predicted octanol–water partition coefficient (Wildman–Crippen LogP) is 4.71. The molecule has 1 fully saturated rings. The van der Waals surface area contributed by atoms with Gasteiger partial charge in [-0.05, 0) is 61.8 Å². The van der Waals surface area contributed by atoms with E-state index in [-0.39, 0.29) is 18.4 Å². The number of hydrogen-bond acceptors (Lipinski definition) is 3. The fourth-order valence-electron chi connectivity index (χ4n) is 3.23. The molecule has 1 aromatic carbocycles. The van der Waals surface area contributed by atoms with E-state index in [2.05, 4.69) is 26.7 Å². The highest BCUT2D eigenvalue weighted by atomic mass is 79.9. The van der Waals surface area contributed by atoms with Crippen LogP contribution in [0.5, 0.6) is 0 Å². The molecule has 5 nitrogen and oxygen atoms in total. The first-order valence-corrected chi connectivity index (χ1v) is 11.5. The zero-order valence-corrected chi connectivity index (χ0v) is 17.6. The molecule has 1 aliphatic rings. The largest absolute Gasteiger partial charge is 0.481 e. The van der Waals surface area contributed by atoms with Crippen LogP contribution in [0.3, 0.4) is 0 Å². The molecule has 0 heterocycles. The number of rotatable bonds is 10. The summed E-state index contributed by atoms with van der Waals surface area (Å²) in [6.07, 6.45) is 10.9. The second-order valence-corrected chi connectivity index (χ2v) is 9.32. The Kier molecular flexibility index (Phi) is 8.73. The first-order valence-electron chi connectivity index (χ1n) is 9.18. The summed E-state index contributed by atoms with van der Waals surface area (Å²) in [7, 11) is -3.49. The van der Waals surface area contributed by atoms with Crippen molar-refractivity contribution in [3.63, 3.8) is 0 Å². The molecule has 1 saturated carbocycles. The molecule has 148 valence electrons. The van der Waals surface area contributed by atoms with Gasteiger partial charge in [0.1, 0.15) is 0 Å². The lowest BCUT2D eigenvalue weighted by atomic mass is 10.00. The van der Waals surface area contributed by atoms with Gasteiger partial charge < -0.3 is 5.11 Å². The van der Waals surface area contributed by atoms with Crippen molar-refractivity contribution in [1.29, 1.82) is 0 Å². The molecular formula is C20H26BrNO4S. The standard InChI is InChI=1S/C20H26BrNO4S/c21-18-12-10-16(11-13-18)14-15-27(25,26)22-19-8-5-7-17(19)6-3-1-2-4-9-20(23)24/h1,3,10-15,17,19,22H,2,4-9H2,(H,23,24). The minimum Gasteiger partial charge on any atom is -0.481 e. The summed E-state index contributed by atoms with van der Waals surface area (Å²) in [5.74, 6) is -0.485. The van der Waals surface area contributed by atoms with Gasteiger partial charge in [0.25, 0.3) is 0 Å². The summed E-state index contributed by atoms with van der Waals surface area (Å²) >= 11 is 3.36. The van der Waals surface area contributed by atoms with E-state index in [4.69, 9.17) is 5.11 Å². The zero-order valence-electron chi connectivity index (χ0n) is 15.2. The van der Waals surface area contributed by atoms with Gasteiger partial charge in [-0.15, -0.1) is 0 Å². The van der Waals surface area contributed by atoms with E-state index in [1.54, 1.807) is 6.08 Å². The third kappa shape index (κ3) is 8.41. The van der Waals surface area contributed by atoms with E-state index >= 15 is 0 Å². The highest BCUT2D eigenvalue weighted by Gasteiger charge is 2.28. The fraction of sp³-hybridized carbons (Fsp3) is 0.450. The van der Waals surface area contributed by atoms with Crippen LogP contribution in [0, 0.1) is 5.92 Å². The number of sulfonamides is 1. The number of carboxylic acids is 1. The average Bonchev–Trinajstić information content (AvgIpc) is 3.03. The monoisotopic (exact) mass is 455 g/mol. The number of nitrogens with one attached hydrogen (secondary N) is 1. The van der Waals surface area contributed by atoms with Gasteiger partial charge in [-0.25, -0.2) is 13.1 Å². The summed E-state index contributed by atoms with van der Waals surface area (Å²) in [5, 5.41) is 9.85. The van der Waals surface area contributed by atoms with Crippen LogP contribution in [0.25, 0.3) is 6.08 Å². The fourth-order valence-corrected chi connectivity index (χ4v) is 4.64. The Hall–Kier alpha value is -1.44. The minimum absolute atomic E-state index is 0.0479. The molecule has 2 N–H and O–H groups in total. The molecular weight excluding hydrogens is 430 g/mol. The average molecular weight is 456 g/mol. The van der Waals surface area contributed by atoms with Crippen molar-refractivity contribution in [3.05, 3.63) is 51.9 Å².